The Morgan fingerprint density at radius 3 is 2.84 bits per heavy atom. The van der Waals surface area contributed by atoms with Crippen molar-refractivity contribution in [1.29, 1.82) is 0 Å². The monoisotopic (exact) mass is 262 g/mol. The number of carbonyl (C=O) groups excluding carboxylic acids is 1. The summed E-state index contributed by atoms with van der Waals surface area (Å²) < 4.78 is 0. The second kappa shape index (κ2) is 6.08. The standard InChI is InChI=1S/C13H18N4O2/c14-12(16-19)10-5-4-8-17(9-10)13(18)15-11-6-2-1-3-7-11/h1-3,6-7,10,19H,4-5,8-9H2,(H2,14,16)(H,15,18). The van der Waals surface area contributed by atoms with Crippen LogP contribution in [0.3, 0.4) is 0 Å². The Kier molecular flexibility index (Phi) is 4.22. The lowest BCUT2D eigenvalue weighted by atomic mass is 9.97. The Balaban J connectivity index is 1.96. The summed E-state index contributed by atoms with van der Waals surface area (Å²) in [6.45, 7) is 1.17. The highest BCUT2D eigenvalue weighted by Crippen LogP contribution is 2.17. The molecule has 4 N–H and O–H groups in total. The minimum absolute atomic E-state index is 0.0692. The van der Waals surface area contributed by atoms with E-state index in [1.165, 1.54) is 0 Å². The van der Waals surface area contributed by atoms with E-state index in [0.29, 0.717) is 13.1 Å². The average Bonchev–Trinajstić information content (AvgIpc) is 2.47. The van der Waals surface area contributed by atoms with Crippen LogP contribution >= 0.6 is 0 Å². The van der Waals surface area contributed by atoms with Crippen LogP contribution in [0.25, 0.3) is 0 Å². The third-order valence-corrected chi connectivity index (χ3v) is 3.27. The number of hydrogen-bond donors (Lipinski definition) is 3. The van der Waals surface area contributed by atoms with E-state index in [-0.39, 0.29) is 17.8 Å². The number of rotatable bonds is 2. The molecule has 1 atom stereocenters. The Morgan fingerprint density at radius 1 is 1.42 bits per heavy atom. The number of para-hydroxylation sites is 1. The van der Waals surface area contributed by atoms with Crippen molar-refractivity contribution in [3.63, 3.8) is 0 Å². The van der Waals surface area contributed by atoms with Crippen LogP contribution in [0.1, 0.15) is 12.8 Å². The summed E-state index contributed by atoms with van der Waals surface area (Å²) in [7, 11) is 0. The van der Waals surface area contributed by atoms with Gasteiger partial charge in [-0.2, -0.15) is 0 Å². The summed E-state index contributed by atoms with van der Waals surface area (Å²) in [5, 5.41) is 14.5. The van der Waals surface area contributed by atoms with Crippen molar-refractivity contribution in [2.45, 2.75) is 12.8 Å². The first kappa shape index (κ1) is 13.2. The molecule has 1 aromatic carbocycles. The number of hydrogen-bond acceptors (Lipinski definition) is 3. The molecule has 1 unspecified atom stereocenters. The van der Waals surface area contributed by atoms with Gasteiger partial charge < -0.3 is 21.2 Å². The molecule has 1 aromatic rings. The molecular formula is C13H18N4O2. The molecule has 0 bridgehead atoms. The first-order valence-electron chi connectivity index (χ1n) is 6.29. The molecule has 1 aliphatic heterocycles. The number of likely N-dealkylation sites (tertiary alicyclic amines) is 1. The number of anilines is 1. The third-order valence-electron chi connectivity index (χ3n) is 3.27. The van der Waals surface area contributed by atoms with Gasteiger partial charge in [-0.05, 0) is 25.0 Å². The fourth-order valence-corrected chi connectivity index (χ4v) is 2.21. The fraction of sp³-hybridized carbons (Fsp3) is 0.385. The zero-order valence-corrected chi connectivity index (χ0v) is 10.6. The van der Waals surface area contributed by atoms with E-state index in [9.17, 15) is 4.79 Å². The molecule has 1 fully saturated rings. The summed E-state index contributed by atoms with van der Waals surface area (Å²) in [4.78, 5) is 13.8. The zero-order valence-electron chi connectivity index (χ0n) is 10.6. The topological polar surface area (TPSA) is 91.0 Å². The first-order valence-corrected chi connectivity index (χ1v) is 6.29. The van der Waals surface area contributed by atoms with Crippen LogP contribution in [-0.4, -0.2) is 35.1 Å². The van der Waals surface area contributed by atoms with Crippen molar-refractivity contribution < 1.29 is 10.0 Å². The van der Waals surface area contributed by atoms with Gasteiger partial charge in [0.15, 0.2) is 0 Å². The predicted molar refractivity (Wildman–Crippen MR) is 73.2 cm³/mol. The van der Waals surface area contributed by atoms with Crippen molar-refractivity contribution in [3.05, 3.63) is 30.3 Å². The number of benzene rings is 1. The quantitative estimate of drug-likeness (QED) is 0.328. The smallest absolute Gasteiger partial charge is 0.321 e. The van der Waals surface area contributed by atoms with Crippen LogP contribution in [0.15, 0.2) is 35.5 Å². The van der Waals surface area contributed by atoms with E-state index in [2.05, 4.69) is 10.5 Å². The van der Waals surface area contributed by atoms with Crippen molar-refractivity contribution in [1.82, 2.24) is 4.90 Å². The molecule has 2 rings (SSSR count). The van der Waals surface area contributed by atoms with Gasteiger partial charge >= 0.3 is 6.03 Å². The Morgan fingerprint density at radius 2 is 2.16 bits per heavy atom. The van der Waals surface area contributed by atoms with Gasteiger partial charge in [-0.25, -0.2) is 4.79 Å². The molecule has 6 nitrogen and oxygen atoms in total. The maximum atomic E-state index is 12.1. The van der Waals surface area contributed by atoms with Gasteiger partial charge in [-0.1, -0.05) is 23.4 Å². The molecule has 6 heteroatoms. The van der Waals surface area contributed by atoms with E-state index in [1.807, 2.05) is 30.3 Å². The van der Waals surface area contributed by atoms with Gasteiger partial charge in [0, 0.05) is 24.7 Å². The summed E-state index contributed by atoms with van der Waals surface area (Å²) >= 11 is 0. The number of urea groups is 1. The SMILES string of the molecule is NC(=NO)C1CCCN(C(=O)Nc2ccccc2)C1. The summed E-state index contributed by atoms with van der Waals surface area (Å²) in [6, 6.07) is 9.15. The highest BCUT2D eigenvalue weighted by atomic mass is 16.4. The largest absolute Gasteiger partial charge is 0.409 e. The molecular weight excluding hydrogens is 244 g/mol. The number of piperidine rings is 1. The Labute approximate surface area is 111 Å². The minimum Gasteiger partial charge on any atom is -0.409 e. The number of nitrogens with one attached hydrogen (secondary N) is 1. The van der Waals surface area contributed by atoms with E-state index in [0.717, 1.165) is 18.5 Å². The van der Waals surface area contributed by atoms with E-state index in [1.54, 1.807) is 4.90 Å². The maximum Gasteiger partial charge on any atom is 0.321 e. The lowest BCUT2D eigenvalue weighted by molar-refractivity contribution is 0.190. The second-order valence-electron chi connectivity index (χ2n) is 4.61. The van der Waals surface area contributed by atoms with Crippen molar-refractivity contribution in [3.8, 4) is 0 Å². The number of carbonyl (C=O) groups is 1. The summed E-state index contributed by atoms with van der Waals surface area (Å²) in [6.07, 6.45) is 1.69. The molecule has 102 valence electrons. The normalized spacial score (nSPS) is 20.1. The third kappa shape index (κ3) is 3.37. The molecule has 0 aliphatic carbocycles. The van der Waals surface area contributed by atoms with Gasteiger partial charge in [-0.15, -0.1) is 0 Å². The van der Waals surface area contributed by atoms with Crippen LogP contribution < -0.4 is 11.1 Å². The van der Waals surface area contributed by atoms with Gasteiger partial charge in [0.2, 0.25) is 0 Å². The van der Waals surface area contributed by atoms with Crippen LogP contribution in [0.5, 0.6) is 0 Å². The van der Waals surface area contributed by atoms with Gasteiger partial charge in [0.1, 0.15) is 5.84 Å². The number of nitrogens with two attached hydrogens (primary N) is 1. The van der Waals surface area contributed by atoms with Crippen LogP contribution in [-0.2, 0) is 0 Å². The Bertz CT molecular complexity index is 461. The fourth-order valence-electron chi connectivity index (χ4n) is 2.21. The molecule has 0 aromatic heterocycles. The van der Waals surface area contributed by atoms with E-state index < -0.39 is 0 Å². The lowest BCUT2D eigenvalue weighted by Crippen LogP contribution is -2.45. The number of oxime groups is 1. The summed E-state index contributed by atoms with van der Waals surface area (Å²) in [5.41, 5.74) is 6.37. The average molecular weight is 262 g/mol. The van der Waals surface area contributed by atoms with Gasteiger partial charge in [0.25, 0.3) is 0 Å². The van der Waals surface area contributed by atoms with Crippen LogP contribution in [0.2, 0.25) is 0 Å². The maximum absolute atomic E-state index is 12.1. The molecule has 2 amide bonds. The first-order chi connectivity index (χ1) is 9.20. The molecule has 1 saturated heterocycles. The van der Waals surface area contributed by atoms with Crippen LogP contribution in [0.4, 0.5) is 10.5 Å². The highest BCUT2D eigenvalue weighted by Gasteiger charge is 2.26. The van der Waals surface area contributed by atoms with Gasteiger partial charge in [0.05, 0.1) is 0 Å². The number of nitrogens with zero attached hydrogens (tertiary/aromatic N) is 2. The van der Waals surface area contributed by atoms with E-state index in [4.69, 9.17) is 10.9 Å². The summed E-state index contributed by atoms with van der Waals surface area (Å²) in [5.74, 6) is 0.123. The van der Waals surface area contributed by atoms with Crippen LogP contribution in [0, 0.1) is 5.92 Å². The van der Waals surface area contributed by atoms with Crippen molar-refractivity contribution in [2.24, 2.45) is 16.8 Å². The van der Waals surface area contributed by atoms with Gasteiger partial charge in [-0.3, -0.25) is 0 Å². The number of amidine groups is 1. The Hall–Kier alpha value is -2.24. The van der Waals surface area contributed by atoms with Crippen molar-refractivity contribution >= 4 is 17.6 Å². The lowest BCUT2D eigenvalue weighted by Gasteiger charge is -2.32. The molecule has 19 heavy (non-hydrogen) atoms. The second-order valence-corrected chi connectivity index (χ2v) is 4.61. The zero-order chi connectivity index (χ0) is 13.7. The molecule has 0 spiro atoms. The minimum atomic E-state index is -0.151. The highest BCUT2D eigenvalue weighted by molar-refractivity contribution is 5.90. The number of amides is 2. The predicted octanol–water partition coefficient (Wildman–Crippen LogP) is 1.68. The molecule has 1 heterocycles. The molecule has 0 saturated carbocycles. The van der Waals surface area contributed by atoms with Crippen molar-refractivity contribution in [2.75, 3.05) is 18.4 Å². The molecule has 0 radical (unpaired) electrons. The molecule has 1 aliphatic rings. The van der Waals surface area contributed by atoms with E-state index >= 15 is 0 Å².